The summed E-state index contributed by atoms with van der Waals surface area (Å²) >= 11 is 0. The van der Waals surface area contributed by atoms with Crippen LogP contribution in [0.4, 0.5) is 0 Å². The molecule has 0 radical (unpaired) electrons. The van der Waals surface area contributed by atoms with Crippen LogP contribution in [0.2, 0.25) is 0 Å². The van der Waals surface area contributed by atoms with E-state index in [0.717, 1.165) is 32.2 Å². The van der Waals surface area contributed by atoms with Gasteiger partial charge in [0.05, 0.1) is 18.8 Å². The fourth-order valence-electron chi connectivity index (χ4n) is 2.97. The van der Waals surface area contributed by atoms with Crippen LogP contribution in [0.3, 0.4) is 0 Å². The zero-order valence-electron chi connectivity index (χ0n) is 10.6. The Morgan fingerprint density at radius 3 is 2.94 bits per heavy atom. The van der Waals surface area contributed by atoms with E-state index in [2.05, 4.69) is 4.90 Å². The van der Waals surface area contributed by atoms with Crippen molar-refractivity contribution >= 4 is 5.91 Å². The number of ether oxygens (including phenoxy) is 1. The van der Waals surface area contributed by atoms with Crippen molar-refractivity contribution in [3.8, 4) is 0 Å². The SMILES string of the molecule is NCCCCC(=O)N1CCOC2CCCCC21. The monoisotopic (exact) mass is 240 g/mol. The first-order chi connectivity index (χ1) is 8.33. The Balaban J connectivity index is 1.87. The summed E-state index contributed by atoms with van der Waals surface area (Å²) in [5.41, 5.74) is 5.45. The van der Waals surface area contributed by atoms with Crippen LogP contribution in [-0.2, 0) is 9.53 Å². The number of hydrogen-bond donors (Lipinski definition) is 1. The number of rotatable bonds is 4. The summed E-state index contributed by atoms with van der Waals surface area (Å²) in [5, 5.41) is 0. The third-order valence-electron chi connectivity index (χ3n) is 3.90. The Hall–Kier alpha value is -0.610. The fraction of sp³-hybridized carbons (Fsp3) is 0.923. The van der Waals surface area contributed by atoms with E-state index >= 15 is 0 Å². The van der Waals surface area contributed by atoms with Crippen LogP contribution in [0.15, 0.2) is 0 Å². The lowest BCUT2D eigenvalue weighted by atomic mass is 9.90. The minimum atomic E-state index is 0.302. The van der Waals surface area contributed by atoms with Crippen molar-refractivity contribution < 1.29 is 9.53 Å². The Bertz CT molecular complexity index is 256. The van der Waals surface area contributed by atoms with Gasteiger partial charge >= 0.3 is 0 Å². The van der Waals surface area contributed by atoms with Crippen molar-refractivity contribution in [3.05, 3.63) is 0 Å². The highest BCUT2D eigenvalue weighted by Crippen LogP contribution is 2.28. The van der Waals surface area contributed by atoms with E-state index in [-0.39, 0.29) is 0 Å². The van der Waals surface area contributed by atoms with Gasteiger partial charge in [-0.3, -0.25) is 4.79 Å². The van der Waals surface area contributed by atoms with Crippen molar-refractivity contribution in [1.82, 2.24) is 4.90 Å². The van der Waals surface area contributed by atoms with Gasteiger partial charge in [0.2, 0.25) is 5.91 Å². The van der Waals surface area contributed by atoms with Gasteiger partial charge in [0, 0.05) is 13.0 Å². The maximum atomic E-state index is 12.2. The number of carbonyl (C=O) groups is 1. The highest BCUT2D eigenvalue weighted by Gasteiger charge is 2.36. The molecular formula is C13H24N2O2. The molecule has 2 atom stereocenters. The minimum absolute atomic E-state index is 0.302. The molecule has 17 heavy (non-hydrogen) atoms. The second kappa shape index (κ2) is 6.36. The smallest absolute Gasteiger partial charge is 0.222 e. The Kier molecular flexibility index (Phi) is 4.80. The van der Waals surface area contributed by atoms with Gasteiger partial charge in [0.25, 0.3) is 0 Å². The summed E-state index contributed by atoms with van der Waals surface area (Å²) in [4.78, 5) is 14.2. The van der Waals surface area contributed by atoms with E-state index in [1.54, 1.807) is 0 Å². The molecule has 0 aromatic carbocycles. The zero-order valence-corrected chi connectivity index (χ0v) is 10.6. The molecule has 1 aliphatic heterocycles. The topological polar surface area (TPSA) is 55.6 Å². The van der Waals surface area contributed by atoms with Gasteiger partial charge in [-0.05, 0) is 32.2 Å². The number of fused-ring (bicyclic) bond motifs is 1. The van der Waals surface area contributed by atoms with E-state index in [0.29, 0.717) is 37.6 Å². The molecule has 98 valence electrons. The van der Waals surface area contributed by atoms with E-state index in [1.807, 2.05) is 0 Å². The quantitative estimate of drug-likeness (QED) is 0.753. The molecule has 1 heterocycles. The van der Waals surface area contributed by atoms with Crippen molar-refractivity contribution in [2.45, 2.75) is 57.1 Å². The van der Waals surface area contributed by atoms with Crippen LogP contribution >= 0.6 is 0 Å². The lowest BCUT2D eigenvalue weighted by Crippen LogP contribution is -2.54. The lowest BCUT2D eigenvalue weighted by molar-refractivity contribution is -0.149. The first kappa shape index (κ1) is 12.8. The second-order valence-electron chi connectivity index (χ2n) is 5.09. The van der Waals surface area contributed by atoms with Crippen LogP contribution < -0.4 is 5.73 Å². The molecule has 2 unspecified atom stereocenters. The van der Waals surface area contributed by atoms with Gasteiger partial charge in [-0.1, -0.05) is 12.8 Å². The van der Waals surface area contributed by atoms with E-state index in [9.17, 15) is 4.79 Å². The van der Waals surface area contributed by atoms with Gasteiger partial charge in [0.15, 0.2) is 0 Å². The predicted molar refractivity (Wildman–Crippen MR) is 66.6 cm³/mol. The number of nitrogens with two attached hydrogens (primary N) is 1. The van der Waals surface area contributed by atoms with Gasteiger partial charge in [-0.25, -0.2) is 0 Å². The van der Waals surface area contributed by atoms with E-state index in [4.69, 9.17) is 10.5 Å². The molecule has 1 amide bonds. The first-order valence-corrected chi connectivity index (χ1v) is 6.94. The molecule has 0 aromatic heterocycles. The number of carbonyl (C=O) groups excluding carboxylic acids is 1. The summed E-state index contributed by atoms with van der Waals surface area (Å²) in [6, 6.07) is 0.350. The molecule has 2 aliphatic rings. The molecule has 2 rings (SSSR count). The summed E-state index contributed by atoms with van der Waals surface area (Å²) in [7, 11) is 0. The molecule has 4 nitrogen and oxygen atoms in total. The van der Waals surface area contributed by atoms with Gasteiger partial charge in [0.1, 0.15) is 0 Å². The van der Waals surface area contributed by atoms with Gasteiger partial charge < -0.3 is 15.4 Å². The molecule has 1 aliphatic carbocycles. The third kappa shape index (κ3) is 3.19. The highest BCUT2D eigenvalue weighted by molar-refractivity contribution is 5.76. The van der Waals surface area contributed by atoms with Crippen molar-refractivity contribution in [2.24, 2.45) is 5.73 Å². The predicted octanol–water partition coefficient (Wildman–Crippen LogP) is 1.29. The van der Waals surface area contributed by atoms with Gasteiger partial charge in [-0.15, -0.1) is 0 Å². The Morgan fingerprint density at radius 1 is 1.29 bits per heavy atom. The summed E-state index contributed by atoms with van der Waals surface area (Å²) in [6.07, 6.45) is 7.54. The largest absolute Gasteiger partial charge is 0.374 e. The molecule has 1 saturated carbocycles. The Morgan fingerprint density at radius 2 is 2.12 bits per heavy atom. The van der Waals surface area contributed by atoms with Crippen molar-refractivity contribution in [3.63, 3.8) is 0 Å². The fourth-order valence-corrected chi connectivity index (χ4v) is 2.97. The van der Waals surface area contributed by atoms with E-state index < -0.39 is 0 Å². The first-order valence-electron chi connectivity index (χ1n) is 6.94. The van der Waals surface area contributed by atoms with Gasteiger partial charge in [-0.2, -0.15) is 0 Å². The number of amides is 1. The molecule has 0 aromatic rings. The molecule has 2 fully saturated rings. The normalized spacial score (nSPS) is 28.9. The number of nitrogens with zero attached hydrogens (tertiary/aromatic N) is 1. The standard InChI is InChI=1S/C13H24N2O2/c14-8-4-3-7-13(16)15-9-10-17-12-6-2-1-5-11(12)15/h11-12H,1-10,14H2. The summed E-state index contributed by atoms with van der Waals surface area (Å²) < 4.78 is 5.77. The maximum absolute atomic E-state index is 12.2. The van der Waals surface area contributed by atoms with Crippen LogP contribution in [-0.4, -0.2) is 42.6 Å². The zero-order chi connectivity index (χ0) is 12.1. The third-order valence-corrected chi connectivity index (χ3v) is 3.90. The highest BCUT2D eigenvalue weighted by atomic mass is 16.5. The lowest BCUT2D eigenvalue weighted by Gasteiger charge is -2.43. The summed E-state index contributed by atoms with van der Waals surface area (Å²) in [6.45, 7) is 2.18. The van der Waals surface area contributed by atoms with Crippen molar-refractivity contribution in [2.75, 3.05) is 19.7 Å². The van der Waals surface area contributed by atoms with Crippen LogP contribution in [0, 0.1) is 0 Å². The average Bonchev–Trinajstić information content (AvgIpc) is 2.38. The van der Waals surface area contributed by atoms with E-state index in [1.165, 1.54) is 12.8 Å². The van der Waals surface area contributed by atoms with Crippen LogP contribution in [0.5, 0.6) is 0 Å². The number of hydrogen-bond acceptors (Lipinski definition) is 3. The Labute approximate surface area is 103 Å². The second-order valence-corrected chi connectivity index (χ2v) is 5.09. The number of morpholine rings is 1. The van der Waals surface area contributed by atoms with Crippen LogP contribution in [0.25, 0.3) is 0 Å². The summed E-state index contributed by atoms with van der Waals surface area (Å²) in [5.74, 6) is 0.304. The van der Waals surface area contributed by atoms with Crippen LogP contribution in [0.1, 0.15) is 44.9 Å². The van der Waals surface area contributed by atoms with Crippen molar-refractivity contribution in [1.29, 1.82) is 0 Å². The molecule has 2 N–H and O–H groups in total. The molecular weight excluding hydrogens is 216 g/mol. The molecule has 1 saturated heterocycles. The molecule has 0 spiro atoms. The minimum Gasteiger partial charge on any atom is -0.374 e. The number of unbranched alkanes of at least 4 members (excludes halogenated alkanes) is 1. The molecule has 0 bridgehead atoms. The average molecular weight is 240 g/mol. The maximum Gasteiger partial charge on any atom is 0.222 e. The molecule has 4 heteroatoms.